The lowest BCUT2D eigenvalue weighted by atomic mass is 10.1. The molecule has 0 bridgehead atoms. The van der Waals surface area contributed by atoms with Crippen molar-refractivity contribution in [2.24, 2.45) is 0 Å². The highest BCUT2D eigenvalue weighted by molar-refractivity contribution is 7.21. The number of nitrogens with zero attached hydrogens (tertiary/aromatic N) is 2. The maximum Gasteiger partial charge on any atom is 0.256 e. The number of anilines is 1. The summed E-state index contributed by atoms with van der Waals surface area (Å²) < 4.78 is 6.68. The molecule has 0 aliphatic heterocycles. The molecule has 0 radical (unpaired) electrons. The van der Waals surface area contributed by atoms with Crippen LogP contribution in [0.15, 0.2) is 95.6 Å². The molecule has 0 saturated carbocycles. The number of amides is 1. The summed E-state index contributed by atoms with van der Waals surface area (Å²) in [5.74, 6) is 0.421. The number of rotatable bonds is 4. The number of benzene rings is 3. The van der Waals surface area contributed by atoms with Crippen molar-refractivity contribution in [2.75, 3.05) is 5.32 Å². The minimum absolute atomic E-state index is 0.199. The topological polar surface area (TPSA) is 68.0 Å². The molecule has 3 aromatic carbocycles. The summed E-state index contributed by atoms with van der Waals surface area (Å²) in [6, 6.07) is 27.1. The average molecular weight is 462 g/mol. The number of para-hydroxylation sites is 1. The van der Waals surface area contributed by atoms with Gasteiger partial charge in [-0.25, -0.2) is 9.97 Å². The molecule has 0 saturated heterocycles. The molecule has 0 atom stereocenters. The molecule has 6 heteroatoms. The number of hydrogen-bond donors (Lipinski definition) is 1. The Labute approximate surface area is 199 Å². The number of hydrogen-bond acceptors (Lipinski definition) is 5. The second-order valence-electron chi connectivity index (χ2n) is 8.07. The van der Waals surface area contributed by atoms with Crippen molar-refractivity contribution in [3.63, 3.8) is 0 Å². The first-order chi connectivity index (χ1) is 16.6. The molecule has 0 aliphatic rings. The van der Waals surface area contributed by atoms with Gasteiger partial charge < -0.3 is 9.73 Å². The van der Waals surface area contributed by atoms with Gasteiger partial charge in [-0.2, -0.15) is 0 Å². The monoisotopic (exact) mass is 461 g/mol. The van der Waals surface area contributed by atoms with Crippen LogP contribution < -0.4 is 5.32 Å². The zero-order valence-corrected chi connectivity index (χ0v) is 19.1. The van der Waals surface area contributed by atoms with Crippen molar-refractivity contribution < 1.29 is 9.21 Å². The lowest BCUT2D eigenvalue weighted by molar-refractivity contribution is 0.102. The molecule has 0 aliphatic carbocycles. The Kier molecular flexibility index (Phi) is 4.93. The third-order valence-electron chi connectivity index (χ3n) is 5.67. The van der Waals surface area contributed by atoms with Crippen molar-refractivity contribution in [3.8, 4) is 22.0 Å². The molecule has 5 nitrogen and oxygen atoms in total. The van der Waals surface area contributed by atoms with Gasteiger partial charge in [-0.1, -0.05) is 24.3 Å². The molecule has 0 fully saturated rings. The zero-order chi connectivity index (χ0) is 23.1. The molecule has 1 amide bonds. The Balaban J connectivity index is 1.30. The van der Waals surface area contributed by atoms with E-state index < -0.39 is 0 Å². The molecular formula is C28H19N3O2S. The Morgan fingerprint density at radius 1 is 0.882 bits per heavy atom. The first-order valence-electron chi connectivity index (χ1n) is 10.9. The van der Waals surface area contributed by atoms with Gasteiger partial charge in [0.2, 0.25) is 0 Å². The average Bonchev–Trinajstić information content (AvgIpc) is 3.54. The van der Waals surface area contributed by atoms with E-state index in [9.17, 15) is 4.79 Å². The Hall–Kier alpha value is -4.29. The number of aryl methyl sites for hydroxylation is 1. The van der Waals surface area contributed by atoms with E-state index >= 15 is 0 Å². The van der Waals surface area contributed by atoms with Crippen LogP contribution in [0.2, 0.25) is 0 Å². The predicted molar refractivity (Wildman–Crippen MR) is 137 cm³/mol. The predicted octanol–water partition coefficient (Wildman–Crippen LogP) is 7.33. The van der Waals surface area contributed by atoms with E-state index in [-0.39, 0.29) is 5.91 Å². The summed E-state index contributed by atoms with van der Waals surface area (Å²) in [7, 11) is 0. The molecular weight excluding hydrogens is 442 g/mol. The van der Waals surface area contributed by atoms with Gasteiger partial charge in [-0.15, -0.1) is 11.3 Å². The highest BCUT2D eigenvalue weighted by atomic mass is 32.1. The van der Waals surface area contributed by atoms with Gasteiger partial charge in [0.25, 0.3) is 5.91 Å². The molecule has 6 rings (SSSR count). The third-order valence-corrected chi connectivity index (χ3v) is 6.74. The first-order valence-corrected chi connectivity index (χ1v) is 11.7. The second kappa shape index (κ2) is 8.24. The van der Waals surface area contributed by atoms with E-state index in [0.29, 0.717) is 22.7 Å². The minimum atomic E-state index is -0.199. The standard InChI is InChI=1S/C28H19N3O2S/c1-17-8-13-23-26(15-17)34-28(31-23)18-9-11-19(12-10-18)29-27(32)21-16-24(25-7-4-14-33-25)30-22-6-3-2-5-20(21)22/h2-16H,1H3,(H,29,32). The van der Waals surface area contributed by atoms with Crippen LogP contribution in [0.4, 0.5) is 5.69 Å². The van der Waals surface area contributed by atoms with Crippen LogP contribution >= 0.6 is 11.3 Å². The molecule has 34 heavy (non-hydrogen) atoms. The first kappa shape index (κ1) is 20.3. The number of furan rings is 1. The normalized spacial score (nSPS) is 11.2. The number of pyridine rings is 1. The number of nitrogens with one attached hydrogen (secondary N) is 1. The Bertz CT molecular complexity index is 1650. The molecule has 3 aromatic heterocycles. The Morgan fingerprint density at radius 2 is 1.74 bits per heavy atom. The van der Waals surface area contributed by atoms with Crippen LogP contribution in [0.3, 0.4) is 0 Å². The highest BCUT2D eigenvalue weighted by Crippen LogP contribution is 2.32. The molecule has 1 N–H and O–H groups in total. The van der Waals surface area contributed by atoms with Crippen molar-refractivity contribution >= 4 is 44.1 Å². The molecule has 0 spiro atoms. The highest BCUT2D eigenvalue weighted by Gasteiger charge is 2.15. The number of thiazole rings is 1. The van der Waals surface area contributed by atoms with Gasteiger partial charge in [0.15, 0.2) is 5.76 Å². The molecule has 3 heterocycles. The Morgan fingerprint density at radius 3 is 2.56 bits per heavy atom. The van der Waals surface area contributed by atoms with Gasteiger partial charge in [-0.05, 0) is 73.2 Å². The summed E-state index contributed by atoms with van der Waals surface area (Å²) >= 11 is 1.67. The lowest BCUT2D eigenvalue weighted by Gasteiger charge is -2.10. The maximum absolute atomic E-state index is 13.3. The smallest absolute Gasteiger partial charge is 0.256 e. The molecule has 6 aromatic rings. The third kappa shape index (κ3) is 3.74. The fourth-order valence-corrected chi connectivity index (χ4v) is 5.03. The van der Waals surface area contributed by atoms with Crippen LogP contribution in [-0.4, -0.2) is 15.9 Å². The van der Waals surface area contributed by atoms with Crippen LogP contribution in [0.25, 0.3) is 43.1 Å². The summed E-state index contributed by atoms with van der Waals surface area (Å²) in [5, 5.41) is 4.77. The van der Waals surface area contributed by atoms with E-state index in [1.807, 2.05) is 54.6 Å². The molecule has 164 valence electrons. The van der Waals surface area contributed by atoms with Crippen LogP contribution in [0, 0.1) is 6.92 Å². The minimum Gasteiger partial charge on any atom is -0.463 e. The van der Waals surface area contributed by atoms with Crippen LogP contribution in [0.5, 0.6) is 0 Å². The maximum atomic E-state index is 13.3. The SMILES string of the molecule is Cc1ccc2nc(-c3ccc(NC(=O)c4cc(-c5ccco5)nc5ccccc45)cc3)sc2c1. The lowest BCUT2D eigenvalue weighted by Crippen LogP contribution is -2.13. The van der Waals surface area contributed by atoms with E-state index in [0.717, 1.165) is 27.0 Å². The quantitative estimate of drug-likeness (QED) is 0.298. The number of fused-ring (bicyclic) bond motifs is 2. The zero-order valence-electron chi connectivity index (χ0n) is 18.3. The summed E-state index contributed by atoms with van der Waals surface area (Å²) in [6.07, 6.45) is 1.60. The molecule has 0 unspecified atom stereocenters. The van der Waals surface area contributed by atoms with E-state index in [1.165, 1.54) is 10.3 Å². The second-order valence-corrected chi connectivity index (χ2v) is 9.10. The van der Waals surface area contributed by atoms with Crippen molar-refractivity contribution in [3.05, 3.63) is 102 Å². The van der Waals surface area contributed by atoms with E-state index in [1.54, 1.807) is 29.7 Å². The van der Waals surface area contributed by atoms with E-state index in [2.05, 4.69) is 35.4 Å². The summed E-state index contributed by atoms with van der Waals surface area (Å²) in [4.78, 5) is 22.7. The van der Waals surface area contributed by atoms with Crippen molar-refractivity contribution in [2.45, 2.75) is 6.92 Å². The van der Waals surface area contributed by atoms with E-state index in [4.69, 9.17) is 9.40 Å². The van der Waals surface area contributed by atoms with Crippen LogP contribution in [0.1, 0.15) is 15.9 Å². The number of carbonyl (C=O) groups is 1. The van der Waals surface area contributed by atoms with Crippen molar-refractivity contribution in [1.82, 2.24) is 9.97 Å². The fourth-order valence-electron chi connectivity index (χ4n) is 3.96. The van der Waals surface area contributed by atoms with Gasteiger partial charge in [0, 0.05) is 16.6 Å². The number of carbonyl (C=O) groups excluding carboxylic acids is 1. The fraction of sp³-hybridized carbons (Fsp3) is 0.0357. The van der Waals surface area contributed by atoms with Gasteiger partial charge in [-0.3, -0.25) is 4.79 Å². The van der Waals surface area contributed by atoms with Gasteiger partial charge in [0.1, 0.15) is 10.7 Å². The van der Waals surface area contributed by atoms with Crippen LogP contribution in [-0.2, 0) is 0 Å². The summed E-state index contributed by atoms with van der Waals surface area (Å²) in [5.41, 5.74) is 5.86. The van der Waals surface area contributed by atoms with Crippen molar-refractivity contribution in [1.29, 1.82) is 0 Å². The number of aromatic nitrogens is 2. The summed E-state index contributed by atoms with van der Waals surface area (Å²) in [6.45, 7) is 2.08. The largest absolute Gasteiger partial charge is 0.463 e. The van der Waals surface area contributed by atoms with Gasteiger partial charge >= 0.3 is 0 Å². The van der Waals surface area contributed by atoms with Gasteiger partial charge in [0.05, 0.1) is 27.6 Å².